The Balaban J connectivity index is 2.26. The number of aryl methyl sites for hydroxylation is 1. The first kappa shape index (κ1) is 12.7. The molecule has 1 aromatic carbocycles. The molecule has 2 heteroatoms. The highest BCUT2D eigenvalue weighted by Crippen LogP contribution is 2.29. The molecule has 1 nitrogen and oxygen atoms in total. The molecule has 1 heterocycles. The maximum atomic E-state index is 4.31. The Morgan fingerprint density at radius 3 is 2.88 bits per heavy atom. The normalized spacial score (nSPS) is 20.4. The Morgan fingerprint density at radius 2 is 2.18 bits per heavy atom. The van der Waals surface area contributed by atoms with Crippen molar-refractivity contribution in [2.45, 2.75) is 39.2 Å². The Labute approximate surface area is 113 Å². The number of benzene rings is 1. The van der Waals surface area contributed by atoms with Gasteiger partial charge in [0, 0.05) is 28.3 Å². The lowest BCUT2D eigenvalue weighted by Crippen LogP contribution is -2.35. The number of rotatable bonds is 2. The van der Waals surface area contributed by atoms with Crippen molar-refractivity contribution in [1.82, 2.24) is 4.90 Å². The first-order valence-electron chi connectivity index (χ1n) is 6.31. The molecule has 0 amide bonds. The summed E-state index contributed by atoms with van der Waals surface area (Å²) in [4.78, 5) is 2.46. The standard InChI is InChI=1S/C15H20BrN/c1-11-7-8-14(16)10-15(11)13(3)17-9-5-4-6-12(17)2/h7-8,10,12H,3-6,9H2,1-2H3. The van der Waals surface area contributed by atoms with Gasteiger partial charge < -0.3 is 4.90 Å². The van der Waals surface area contributed by atoms with E-state index in [-0.39, 0.29) is 0 Å². The van der Waals surface area contributed by atoms with Gasteiger partial charge in [0.05, 0.1) is 0 Å². The second-order valence-corrected chi connectivity index (χ2v) is 5.86. The van der Waals surface area contributed by atoms with Crippen LogP contribution in [-0.4, -0.2) is 17.5 Å². The fraction of sp³-hybridized carbons (Fsp3) is 0.467. The minimum Gasteiger partial charge on any atom is -0.369 e. The molecule has 0 aliphatic carbocycles. The second kappa shape index (κ2) is 5.26. The van der Waals surface area contributed by atoms with Gasteiger partial charge in [-0.2, -0.15) is 0 Å². The first-order chi connectivity index (χ1) is 8.09. The van der Waals surface area contributed by atoms with E-state index in [9.17, 15) is 0 Å². The van der Waals surface area contributed by atoms with E-state index in [1.807, 2.05) is 0 Å². The monoisotopic (exact) mass is 293 g/mol. The Bertz CT molecular complexity index is 425. The van der Waals surface area contributed by atoms with Gasteiger partial charge in [-0.25, -0.2) is 0 Å². The molecule has 1 atom stereocenters. The lowest BCUT2D eigenvalue weighted by atomic mass is 9.99. The molecule has 1 saturated heterocycles. The van der Waals surface area contributed by atoms with Crippen LogP contribution < -0.4 is 0 Å². The molecule has 0 bridgehead atoms. The zero-order chi connectivity index (χ0) is 12.4. The number of hydrogen-bond acceptors (Lipinski definition) is 1. The lowest BCUT2D eigenvalue weighted by molar-refractivity contribution is 0.244. The van der Waals surface area contributed by atoms with Crippen molar-refractivity contribution >= 4 is 21.6 Å². The maximum Gasteiger partial charge on any atom is 0.0372 e. The molecular formula is C15H20BrN. The van der Waals surface area contributed by atoms with Crippen LogP contribution in [-0.2, 0) is 0 Å². The maximum absolute atomic E-state index is 4.31. The fourth-order valence-corrected chi connectivity index (χ4v) is 2.92. The largest absolute Gasteiger partial charge is 0.369 e. The van der Waals surface area contributed by atoms with Crippen LogP contribution in [0.25, 0.3) is 5.70 Å². The van der Waals surface area contributed by atoms with Crippen LogP contribution >= 0.6 is 15.9 Å². The third-order valence-electron chi connectivity index (χ3n) is 3.66. The van der Waals surface area contributed by atoms with Crippen LogP contribution in [0.5, 0.6) is 0 Å². The third kappa shape index (κ3) is 2.74. The van der Waals surface area contributed by atoms with Crippen molar-refractivity contribution in [2.75, 3.05) is 6.54 Å². The van der Waals surface area contributed by atoms with Crippen LogP contribution in [0.4, 0.5) is 0 Å². The summed E-state index contributed by atoms with van der Waals surface area (Å²) in [5, 5.41) is 0. The van der Waals surface area contributed by atoms with Gasteiger partial charge in [-0.1, -0.05) is 28.6 Å². The Kier molecular flexibility index (Phi) is 3.93. The molecule has 17 heavy (non-hydrogen) atoms. The topological polar surface area (TPSA) is 3.24 Å². The smallest absolute Gasteiger partial charge is 0.0372 e. The molecule has 1 unspecified atom stereocenters. The number of halogens is 1. The highest BCUT2D eigenvalue weighted by atomic mass is 79.9. The van der Waals surface area contributed by atoms with Gasteiger partial charge in [-0.15, -0.1) is 0 Å². The molecule has 1 aliphatic rings. The van der Waals surface area contributed by atoms with Gasteiger partial charge >= 0.3 is 0 Å². The van der Waals surface area contributed by atoms with Gasteiger partial charge in [-0.3, -0.25) is 0 Å². The highest BCUT2D eigenvalue weighted by Gasteiger charge is 2.20. The summed E-state index contributed by atoms with van der Waals surface area (Å²) < 4.78 is 1.13. The summed E-state index contributed by atoms with van der Waals surface area (Å²) >= 11 is 3.54. The van der Waals surface area contributed by atoms with Crippen LogP contribution in [0.3, 0.4) is 0 Å². The molecule has 92 valence electrons. The van der Waals surface area contributed by atoms with Gasteiger partial charge in [0.15, 0.2) is 0 Å². The summed E-state index contributed by atoms with van der Waals surface area (Å²) in [6.45, 7) is 9.91. The van der Waals surface area contributed by atoms with E-state index in [2.05, 4.69) is 59.5 Å². The molecule has 0 saturated carbocycles. The van der Waals surface area contributed by atoms with Crippen molar-refractivity contribution in [3.05, 3.63) is 40.4 Å². The predicted octanol–water partition coefficient (Wildman–Crippen LogP) is 4.60. The van der Waals surface area contributed by atoms with E-state index in [0.29, 0.717) is 6.04 Å². The fourth-order valence-electron chi connectivity index (χ4n) is 2.56. The van der Waals surface area contributed by atoms with Crippen LogP contribution in [0, 0.1) is 6.92 Å². The SMILES string of the molecule is C=C(c1cc(Br)ccc1C)N1CCCCC1C. The molecule has 1 aromatic rings. The summed E-state index contributed by atoms with van der Waals surface area (Å²) in [5.74, 6) is 0. The van der Waals surface area contributed by atoms with Crippen LogP contribution in [0.15, 0.2) is 29.3 Å². The number of piperidine rings is 1. The predicted molar refractivity (Wildman–Crippen MR) is 77.9 cm³/mol. The Morgan fingerprint density at radius 1 is 1.41 bits per heavy atom. The molecule has 1 aliphatic heterocycles. The van der Waals surface area contributed by atoms with Crippen LogP contribution in [0.1, 0.15) is 37.3 Å². The summed E-state index contributed by atoms with van der Waals surface area (Å²) in [6, 6.07) is 7.04. The molecule has 0 aromatic heterocycles. The minimum absolute atomic E-state index is 0.620. The average Bonchev–Trinajstić information content (AvgIpc) is 2.32. The third-order valence-corrected chi connectivity index (χ3v) is 4.15. The number of nitrogens with zero attached hydrogens (tertiary/aromatic N) is 1. The van der Waals surface area contributed by atoms with E-state index >= 15 is 0 Å². The van der Waals surface area contributed by atoms with E-state index < -0.39 is 0 Å². The summed E-state index contributed by atoms with van der Waals surface area (Å²) in [7, 11) is 0. The molecule has 2 rings (SSSR count). The first-order valence-corrected chi connectivity index (χ1v) is 7.11. The van der Waals surface area contributed by atoms with Gasteiger partial charge in [-0.05, 0) is 50.8 Å². The van der Waals surface area contributed by atoms with Crippen molar-refractivity contribution in [3.63, 3.8) is 0 Å². The van der Waals surface area contributed by atoms with E-state index in [0.717, 1.165) is 11.0 Å². The van der Waals surface area contributed by atoms with E-state index in [4.69, 9.17) is 0 Å². The number of hydrogen-bond donors (Lipinski definition) is 0. The Hall–Kier alpha value is -0.760. The minimum atomic E-state index is 0.620. The van der Waals surface area contributed by atoms with E-state index in [1.54, 1.807) is 0 Å². The zero-order valence-electron chi connectivity index (χ0n) is 10.7. The molecular weight excluding hydrogens is 274 g/mol. The van der Waals surface area contributed by atoms with Crippen molar-refractivity contribution in [2.24, 2.45) is 0 Å². The lowest BCUT2D eigenvalue weighted by Gasteiger charge is -2.37. The molecule has 0 radical (unpaired) electrons. The van der Waals surface area contributed by atoms with Crippen molar-refractivity contribution in [3.8, 4) is 0 Å². The quantitative estimate of drug-likeness (QED) is 0.770. The van der Waals surface area contributed by atoms with Gasteiger partial charge in [0.2, 0.25) is 0 Å². The molecule has 0 spiro atoms. The number of likely N-dealkylation sites (tertiary alicyclic amines) is 1. The average molecular weight is 294 g/mol. The molecule has 0 N–H and O–H groups in total. The van der Waals surface area contributed by atoms with Crippen molar-refractivity contribution in [1.29, 1.82) is 0 Å². The summed E-state index contributed by atoms with van der Waals surface area (Å²) in [6.07, 6.45) is 3.92. The second-order valence-electron chi connectivity index (χ2n) is 4.94. The van der Waals surface area contributed by atoms with Gasteiger partial charge in [0.1, 0.15) is 0 Å². The van der Waals surface area contributed by atoms with Crippen molar-refractivity contribution < 1.29 is 0 Å². The zero-order valence-corrected chi connectivity index (χ0v) is 12.3. The van der Waals surface area contributed by atoms with Crippen LogP contribution in [0.2, 0.25) is 0 Å². The van der Waals surface area contributed by atoms with Gasteiger partial charge in [0.25, 0.3) is 0 Å². The molecule has 1 fully saturated rings. The highest BCUT2D eigenvalue weighted by molar-refractivity contribution is 9.10. The van der Waals surface area contributed by atoms with E-state index in [1.165, 1.54) is 36.1 Å². The summed E-state index contributed by atoms with van der Waals surface area (Å²) in [5.41, 5.74) is 3.75.